The first-order valence-corrected chi connectivity index (χ1v) is 9.65. The van der Waals surface area contributed by atoms with E-state index in [9.17, 15) is 8.42 Å². The second kappa shape index (κ2) is 6.44. The molecule has 132 valence electrons. The highest BCUT2D eigenvalue weighted by molar-refractivity contribution is 7.86. The molecule has 1 rings (SSSR count). The summed E-state index contributed by atoms with van der Waals surface area (Å²) in [6, 6.07) is 4.13. The van der Waals surface area contributed by atoms with Gasteiger partial charge in [-0.15, -0.1) is 0 Å². The molecule has 4 nitrogen and oxygen atoms in total. The monoisotopic (exact) mass is 341 g/mol. The normalized spacial score (nSPS) is 13.5. The molecule has 0 aromatic heterocycles. The molecule has 23 heavy (non-hydrogen) atoms. The van der Waals surface area contributed by atoms with Crippen LogP contribution in [0, 0.1) is 0 Å². The van der Waals surface area contributed by atoms with Gasteiger partial charge in [-0.1, -0.05) is 53.7 Å². The summed E-state index contributed by atoms with van der Waals surface area (Å²) in [5.41, 5.74) is 2.56. The first-order valence-electron chi connectivity index (χ1n) is 7.83. The lowest BCUT2D eigenvalue weighted by atomic mass is 9.78. The zero-order valence-corrected chi connectivity index (χ0v) is 16.8. The second-order valence-corrected chi connectivity index (χ2v) is 10.1. The van der Waals surface area contributed by atoms with Gasteiger partial charge in [0.1, 0.15) is 5.75 Å². The van der Waals surface area contributed by atoms with Crippen molar-refractivity contribution in [3.8, 4) is 5.75 Å². The first kappa shape index (κ1) is 20.0. The van der Waals surface area contributed by atoms with Crippen LogP contribution in [0.5, 0.6) is 5.75 Å². The zero-order valence-electron chi connectivity index (χ0n) is 15.9. The van der Waals surface area contributed by atoms with Crippen molar-refractivity contribution in [2.45, 2.75) is 58.9 Å². The molecule has 0 N–H and O–H groups in total. The van der Waals surface area contributed by atoms with E-state index in [1.165, 1.54) is 0 Å². The summed E-state index contributed by atoms with van der Waals surface area (Å²) in [6.45, 7) is 13.2. The number of nitrogens with zero attached hydrogens (tertiary/aromatic N) is 1. The lowest BCUT2D eigenvalue weighted by Gasteiger charge is -2.30. The zero-order chi connectivity index (χ0) is 18.2. The Kier molecular flexibility index (Phi) is 5.59. The maximum absolute atomic E-state index is 11.8. The van der Waals surface area contributed by atoms with Gasteiger partial charge >= 0.3 is 10.1 Å². The molecule has 0 saturated carbocycles. The maximum Gasteiger partial charge on any atom is 0.306 e. The van der Waals surface area contributed by atoms with Crippen molar-refractivity contribution in [1.82, 2.24) is 4.90 Å². The van der Waals surface area contributed by atoms with Gasteiger partial charge in [0.15, 0.2) is 0 Å². The summed E-state index contributed by atoms with van der Waals surface area (Å²) in [5.74, 6) is 0.481. The van der Waals surface area contributed by atoms with Crippen LogP contribution in [0.2, 0.25) is 0 Å². The SMILES string of the molecule is CN(C)Cc1cc(C(C)(C)C)c(OS(C)(=O)=O)c(C(C)(C)C)c1. The largest absolute Gasteiger partial charge is 0.382 e. The highest BCUT2D eigenvalue weighted by Gasteiger charge is 2.29. The third-order valence-electron chi connectivity index (χ3n) is 3.50. The van der Waals surface area contributed by atoms with Crippen molar-refractivity contribution >= 4 is 10.1 Å². The molecule has 0 amide bonds. The van der Waals surface area contributed by atoms with Gasteiger partial charge < -0.3 is 9.08 Å². The molecule has 1 aromatic rings. The second-order valence-electron chi connectivity index (χ2n) is 8.55. The van der Waals surface area contributed by atoms with E-state index in [1.807, 2.05) is 14.1 Å². The standard InChI is InChI=1S/C18H31NO3S/c1-17(2,3)14-10-13(12-19(7)8)11-15(18(4,5)6)16(14)22-23(9,20)21/h10-11H,12H2,1-9H3. The Bertz CT molecular complexity index is 627. The Morgan fingerprint density at radius 2 is 1.35 bits per heavy atom. The van der Waals surface area contributed by atoms with Crippen LogP contribution < -0.4 is 4.18 Å². The van der Waals surface area contributed by atoms with E-state index in [0.717, 1.165) is 29.5 Å². The highest BCUT2D eigenvalue weighted by Crippen LogP contribution is 2.41. The minimum absolute atomic E-state index is 0.220. The molecule has 0 aliphatic heterocycles. The first-order chi connectivity index (χ1) is 10.1. The van der Waals surface area contributed by atoms with Crippen LogP contribution in [0.3, 0.4) is 0 Å². The summed E-state index contributed by atoms with van der Waals surface area (Å²) in [4.78, 5) is 2.10. The van der Waals surface area contributed by atoms with E-state index in [0.29, 0.717) is 5.75 Å². The molecule has 0 unspecified atom stereocenters. The molecule has 0 saturated heterocycles. The van der Waals surface area contributed by atoms with Gasteiger partial charge in [0.25, 0.3) is 0 Å². The molecule has 0 radical (unpaired) electrons. The third kappa shape index (κ3) is 5.81. The molecule has 5 heteroatoms. The minimum atomic E-state index is -3.59. The van der Waals surface area contributed by atoms with Gasteiger partial charge in [0.2, 0.25) is 0 Å². The number of hydrogen-bond donors (Lipinski definition) is 0. The van der Waals surface area contributed by atoms with E-state index in [2.05, 4.69) is 58.6 Å². The van der Waals surface area contributed by atoms with Gasteiger partial charge in [0, 0.05) is 17.7 Å². The molecule has 0 fully saturated rings. The molecular formula is C18H31NO3S. The van der Waals surface area contributed by atoms with Crippen molar-refractivity contribution < 1.29 is 12.6 Å². The Morgan fingerprint density at radius 3 is 1.61 bits per heavy atom. The number of benzene rings is 1. The Hall–Kier alpha value is -1.07. The van der Waals surface area contributed by atoms with Gasteiger partial charge in [-0.05, 0) is 30.5 Å². The fraction of sp³-hybridized carbons (Fsp3) is 0.667. The van der Waals surface area contributed by atoms with Crippen LogP contribution in [0.15, 0.2) is 12.1 Å². The van der Waals surface area contributed by atoms with E-state index < -0.39 is 10.1 Å². The van der Waals surface area contributed by atoms with Crippen molar-refractivity contribution in [2.75, 3.05) is 20.4 Å². The van der Waals surface area contributed by atoms with Crippen molar-refractivity contribution in [2.24, 2.45) is 0 Å². The molecule has 0 atom stereocenters. The van der Waals surface area contributed by atoms with Crippen LogP contribution >= 0.6 is 0 Å². The predicted octanol–water partition coefficient (Wildman–Crippen LogP) is 3.68. The summed E-state index contributed by atoms with van der Waals surface area (Å²) < 4.78 is 29.0. The Morgan fingerprint density at radius 1 is 0.957 bits per heavy atom. The van der Waals surface area contributed by atoms with Gasteiger partial charge in [-0.2, -0.15) is 8.42 Å². The molecule has 0 aliphatic carbocycles. The third-order valence-corrected chi connectivity index (χ3v) is 3.97. The molecule has 0 aliphatic rings. The Balaban J connectivity index is 3.74. The number of hydrogen-bond acceptors (Lipinski definition) is 4. The summed E-state index contributed by atoms with van der Waals surface area (Å²) in [7, 11) is 0.455. The maximum atomic E-state index is 11.8. The minimum Gasteiger partial charge on any atom is -0.382 e. The van der Waals surface area contributed by atoms with Crippen LogP contribution in [-0.4, -0.2) is 33.7 Å². The fourth-order valence-electron chi connectivity index (χ4n) is 2.50. The highest BCUT2D eigenvalue weighted by atomic mass is 32.2. The molecule has 0 bridgehead atoms. The smallest absolute Gasteiger partial charge is 0.306 e. The lowest BCUT2D eigenvalue weighted by Crippen LogP contribution is -2.23. The van der Waals surface area contributed by atoms with Gasteiger partial charge in [-0.25, -0.2) is 0 Å². The Labute approximate surface area is 142 Å². The average Bonchev–Trinajstić information content (AvgIpc) is 2.24. The van der Waals surface area contributed by atoms with Gasteiger partial charge in [-0.3, -0.25) is 0 Å². The van der Waals surface area contributed by atoms with Crippen LogP contribution in [0.25, 0.3) is 0 Å². The molecule has 1 aromatic carbocycles. The van der Waals surface area contributed by atoms with Crippen LogP contribution in [0.1, 0.15) is 58.2 Å². The van der Waals surface area contributed by atoms with Crippen molar-refractivity contribution in [3.05, 3.63) is 28.8 Å². The van der Waals surface area contributed by atoms with E-state index in [1.54, 1.807) is 0 Å². The summed E-state index contributed by atoms with van der Waals surface area (Å²) in [5, 5.41) is 0. The van der Waals surface area contributed by atoms with E-state index in [-0.39, 0.29) is 10.8 Å². The van der Waals surface area contributed by atoms with Crippen LogP contribution in [0.4, 0.5) is 0 Å². The number of rotatable bonds is 4. The topological polar surface area (TPSA) is 46.6 Å². The van der Waals surface area contributed by atoms with E-state index >= 15 is 0 Å². The van der Waals surface area contributed by atoms with E-state index in [4.69, 9.17) is 4.18 Å². The van der Waals surface area contributed by atoms with Crippen molar-refractivity contribution in [3.63, 3.8) is 0 Å². The lowest BCUT2D eigenvalue weighted by molar-refractivity contribution is 0.399. The predicted molar refractivity (Wildman–Crippen MR) is 96.7 cm³/mol. The van der Waals surface area contributed by atoms with Crippen LogP contribution in [-0.2, 0) is 27.5 Å². The summed E-state index contributed by atoms with van der Waals surface area (Å²) >= 11 is 0. The van der Waals surface area contributed by atoms with Gasteiger partial charge in [0.05, 0.1) is 6.26 Å². The molecular weight excluding hydrogens is 310 g/mol. The van der Waals surface area contributed by atoms with Crippen molar-refractivity contribution in [1.29, 1.82) is 0 Å². The molecule has 0 spiro atoms. The average molecular weight is 342 g/mol. The quantitative estimate of drug-likeness (QED) is 0.784. The molecule has 0 heterocycles. The fourth-order valence-corrected chi connectivity index (χ4v) is 2.98. The summed E-state index contributed by atoms with van der Waals surface area (Å²) in [6.07, 6.45) is 1.10.